The number of dihydropyridines is 1. The molecule has 1 unspecified atom stereocenters. The molecule has 12 nitrogen and oxygen atoms in total. The number of rotatable bonds is 9. The summed E-state index contributed by atoms with van der Waals surface area (Å²) in [6, 6.07) is 21.0. The summed E-state index contributed by atoms with van der Waals surface area (Å²) in [7, 11) is 0. The first kappa shape index (κ1) is 34.1. The smallest absolute Gasteiger partial charge is 0.197 e. The second-order valence-electron chi connectivity index (χ2n) is 15.0. The van der Waals surface area contributed by atoms with Crippen LogP contribution in [0.1, 0.15) is 66.9 Å². The lowest BCUT2D eigenvalue weighted by atomic mass is 9.86. The molecule has 5 aromatic rings. The van der Waals surface area contributed by atoms with E-state index in [1.165, 1.54) is 56.3 Å². The van der Waals surface area contributed by atoms with E-state index in [2.05, 4.69) is 74.0 Å². The predicted octanol–water partition coefficient (Wildman–Crippen LogP) is 9.60. The van der Waals surface area contributed by atoms with Crippen LogP contribution in [0.2, 0.25) is 0 Å². The number of furan rings is 2. The van der Waals surface area contributed by atoms with E-state index >= 15 is 0 Å². The summed E-state index contributed by atoms with van der Waals surface area (Å²) in [6.07, 6.45) is 14.5. The number of aliphatic imine (C=N–C) groups is 4. The summed E-state index contributed by atoms with van der Waals surface area (Å²) in [5.41, 5.74) is 9.07. The van der Waals surface area contributed by atoms with Crippen LogP contribution >= 0.6 is 0 Å². The summed E-state index contributed by atoms with van der Waals surface area (Å²) < 4.78 is 17.4. The quantitative estimate of drug-likeness (QED) is 0.153. The maximum atomic E-state index is 6.01. The standard InChI is InChI=1S/C44H43N9O3/c1-27-9-15-39(55-27)46-36-23-30(52-17-5-3-6-18-52)11-13-32(36)34-21-29-22-35(49-44-41(29)43(48-34)50-42(51-44)38-25-54-26-45-38)33-14-12-31(53-19-7-4-8-20-53)24-37(33)47-40-16-10-28(2)56-40/h9-16,21-26,41,46-47H,3-8,17-20H2,1-2H3. The van der Waals surface area contributed by atoms with Crippen LogP contribution < -0.4 is 20.4 Å². The fourth-order valence-electron chi connectivity index (χ4n) is 8.20. The molecule has 0 amide bonds. The molecule has 5 aliphatic heterocycles. The van der Waals surface area contributed by atoms with Crippen LogP contribution in [-0.2, 0) is 0 Å². The number of aryl methyl sites for hydroxylation is 2. The minimum Gasteiger partial charge on any atom is -0.451 e. The van der Waals surface area contributed by atoms with Crippen LogP contribution in [0.5, 0.6) is 0 Å². The summed E-state index contributed by atoms with van der Waals surface area (Å²) >= 11 is 0. The Balaban J connectivity index is 1.10. The Morgan fingerprint density at radius 2 is 1.23 bits per heavy atom. The first-order chi connectivity index (χ1) is 27.5. The van der Waals surface area contributed by atoms with Gasteiger partial charge in [0.25, 0.3) is 0 Å². The van der Waals surface area contributed by atoms with Crippen LogP contribution in [0.3, 0.4) is 0 Å². The lowest BCUT2D eigenvalue weighted by molar-refractivity contribution is 0.550. The molecule has 1 atom stereocenters. The number of aromatic nitrogens is 1. The minimum absolute atomic E-state index is 0.341. The normalized spacial score (nSPS) is 19.3. The van der Waals surface area contributed by atoms with E-state index in [1.807, 2.05) is 38.1 Å². The second-order valence-corrected chi connectivity index (χ2v) is 15.0. The minimum atomic E-state index is -0.341. The van der Waals surface area contributed by atoms with Crippen molar-refractivity contribution in [2.24, 2.45) is 25.9 Å². The van der Waals surface area contributed by atoms with Crippen molar-refractivity contribution in [1.82, 2.24) is 4.98 Å². The van der Waals surface area contributed by atoms with Crippen molar-refractivity contribution in [2.75, 3.05) is 46.6 Å². The van der Waals surface area contributed by atoms with Gasteiger partial charge < -0.3 is 33.7 Å². The van der Waals surface area contributed by atoms with E-state index < -0.39 is 0 Å². The molecule has 2 aromatic carbocycles. The molecule has 2 fully saturated rings. The van der Waals surface area contributed by atoms with E-state index in [4.69, 9.17) is 33.2 Å². The largest absolute Gasteiger partial charge is 0.451 e. The van der Waals surface area contributed by atoms with Gasteiger partial charge in [0.1, 0.15) is 41.1 Å². The zero-order valence-electron chi connectivity index (χ0n) is 31.6. The van der Waals surface area contributed by atoms with Crippen molar-refractivity contribution in [3.63, 3.8) is 0 Å². The first-order valence-corrected chi connectivity index (χ1v) is 19.6. The van der Waals surface area contributed by atoms with Gasteiger partial charge >= 0.3 is 0 Å². The maximum Gasteiger partial charge on any atom is 0.197 e. The molecule has 0 spiro atoms. The van der Waals surface area contributed by atoms with Crippen molar-refractivity contribution >= 4 is 63.4 Å². The summed E-state index contributed by atoms with van der Waals surface area (Å²) in [4.78, 5) is 29.7. The number of amidine groups is 3. The highest BCUT2D eigenvalue weighted by molar-refractivity contribution is 6.30. The number of benzene rings is 2. The third kappa shape index (κ3) is 6.65. The molecule has 12 heteroatoms. The van der Waals surface area contributed by atoms with Crippen molar-refractivity contribution in [2.45, 2.75) is 52.4 Å². The lowest BCUT2D eigenvalue weighted by Gasteiger charge is -2.31. The van der Waals surface area contributed by atoms with E-state index in [-0.39, 0.29) is 5.92 Å². The van der Waals surface area contributed by atoms with Gasteiger partial charge in [-0.3, -0.25) is 0 Å². The van der Waals surface area contributed by atoms with Gasteiger partial charge in [-0.05, 0) is 119 Å². The summed E-state index contributed by atoms with van der Waals surface area (Å²) in [6.45, 7) is 8.06. The van der Waals surface area contributed by atoms with E-state index in [0.717, 1.165) is 77.2 Å². The third-order valence-electron chi connectivity index (χ3n) is 11.0. The average Bonchev–Trinajstić information content (AvgIpc) is 4.01. The van der Waals surface area contributed by atoms with Gasteiger partial charge in [-0.1, -0.05) is 0 Å². The highest BCUT2D eigenvalue weighted by Gasteiger charge is 2.37. The van der Waals surface area contributed by atoms with Gasteiger partial charge in [-0.25, -0.2) is 25.0 Å². The van der Waals surface area contributed by atoms with Crippen molar-refractivity contribution < 1.29 is 13.3 Å². The van der Waals surface area contributed by atoms with Crippen LogP contribution in [0.4, 0.5) is 34.5 Å². The zero-order chi connectivity index (χ0) is 37.6. The number of nitrogens with zero attached hydrogens (tertiary/aromatic N) is 7. The Morgan fingerprint density at radius 1 is 0.625 bits per heavy atom. The highest BCUT2D eigenvalue weighted by atomic mass is 16.4. The molecule has 8 heterocycles. The van der Waals surface area contributed by atoms with Gasteiger partial charge in [-0.15, -0.1) is 0 Å². The van der Waals surface area contributed by atoms with Crippen LogP contribution in [-0.4, -0.2) is 54.4 Å². The maximum absolute atomic E-state index is 6.01. The molecule has 0 radical (unpaired) electrons. The van der Waals surface area contributed by atoms with E-state index in [1.54, 1.807) is 6.26 Å². The topological polar surface area (TPSA) is 132 Å². The van der Waals surface area contributed by atoms with Crippen molar-refractivity contribution in [3.8, 4) is 0 Å². The predicted molar refractivity (Wildman–Crippen MR) is 222 cm³/mol. The van der Waals surface area contributed by atoms with Gasteiger partial charge in [0, 0.05) is 60.8 Å². The number of anilines is 6. The third-order valence-corrected chi connectivity index (χ3v) is 11.0. The lowest BCUT2D eigenvalue weighted by Crippen LogP contribution is -2.34. The fraction of sp³-hybridized carbons (Fsp3) is 0.295. The molecular formula is C44H43N9O3. The molecule has 282 valence electrons. The number of nitrogens with one attached hydrogen (secondary N) is 2. The number of hydrogen-bond donors (Lipinski definition) is 2. The molecule has 0 bridgehead atoms. The SMILES string of the molecule is Cc1ccc(Nc2cc(N3CCCCC3)ccc2C2=CC3=CC(c4ccc(N5CCCCC5)cc4Nc4ccc(C)o4)=NC4=NC(c5cocn5)=NC(=N2)C34)o1. The zero-order valence-corrected chi connectivity index (χ0v) is 31.6. The fourth-order valence-corrected chi connectivity index (χ4v) is 8.20. The van der Waals surface area contributed by atoms with Gasteiger partial charge in [-0.2, -0.15) is 0 Å². The molecule has 0 saturated carbocycles. The van der Waals surface area contributed by atoms with Crippen molar-refractivity contribution in [3.05, 3.63) is 119 Å². The molecule has 56 heavy (non-hydrogen) atoms. The van der Waals surface area contributed by atoms with E-state index in [0.29, 0.717) is 35.0 Å². The molecule has 10 rings (SSSR count). The molecule has 2 saturated heterocycles. The first-order valence-electron chi connectivity index (χ1n) is 19.6. The van der Waals surface area contributed by atoms with Gasteiger partial charge in [0.15, 0.2) is 24.0 Å². The van der Waals surface area contributed by atoms with Crippen LogP contribution in [0.15, 0.2) is 124 Å². The molecule has 2 N–H and O–H groups in total. The Hall–Kier alpha value is -6.43. The Morgan fingerprint density at radius 3 is 1.82 bits per heavy atom. The number of oxazole rings is 1. The molecule has 5 aliphatic rings. The van der Waals surface area contributed by atoms with Gasteiger partial charge in [0.05, 0.1) is 22.8 Å². The van der Waals surface area contributed by atoms with Gasteiger partial charge in [0.2, 0.25) is 0 Å². The van der Waals surface area contributed by atoms with Crippen LogP contribution in [0.25, 0.3) is 5.70 Å². The number of hydrogen-bond acceptors (Lipinski definition) is 12. The molecular weight excluding hydrogens is 703 g/mol. The Bertz CT molecular complexity index is 2380. The molecule has 3 aromatic heterocycles. The Labute approximate surface area is 325 Å². The average molecular weight is 746 g/mol. The second kappa shape index (κ2) is 14.3. The van der Waals surface area contributed by atoms with Crippen molar-refractivity contribution in [1.29, 1.82) is 0 Å². The van der Waals surface area contributed by atoms with E-state index in [9.17, 15) is 0 Å². The summed E-state index contributed by atoms with van der Waals surface area (Å²) in [5.74, 6) is 4.29. The number of allylic oxidation sites excluding steroid dienone is 2. The monoisotopic (exact) mass is 745 g/mol. The van der Waals surface area contributed by atoms with Crippen LogP contribution in [0, 0.1) is 19.8 Å². The number of piperidine rings is 2. The Kier molecular flexibility index (Phi) is 8.72. The summed E-state index contributed by atoms with van der Waals surface area (Å²) in [5, 5.41) is 7.16. The highest BCUT2D eigenvalue weighted by Crippen LogP contribution is 2.40. The molecule has 0 aliphatic carbocycles.